The van der Waals surface area contributed by atoms with Crippen molar-refractivity contribution in [1.82, 2.24) is 14.1 Å². The first-order valence-corrected chi connectivity index (χ1v) is 7.16. The lowest BCUT2D eigenvalue weighted by Crippen LogP contribution is -2.40. The second-order valence-electron chi connectivity index (χ2n) is 4.45. The number of rotatable bonds is 3. The van der Waals surface area contributed by atoms with Crippen LogP contribution in [0.15, 0.2) is 23.2 Å². The summed E-state index contributed by atoms with van der Waals surface area (Å²) in [6.07, 6.45) is 4.51. The molecule has 1 aliphatic heterocycles. The van der Waals surface area contributed by atoms with Crippen LogP contribution in [0.3, 0.4) is 0 Å². The molecule has 0 spiro atoms. The predicted molar refractivity (Wildman–Crippen MR) is 67.0 cm³/mol. The molecule has 0 saturated heterocycles. The number of hydrogen-bond acceptors (Lipinski definition) is 4. The molecular formula is C11H15N3O4S. The molecule has 104 valence electrons. The van der Waals surface area contributed by atoms with E-state index in [9.17, 15) is 13.2 Å². The Morgan fingerprint density at radius 2 is 2.21 bits per heavy atom. The van der Waals surface area contributed by atoms with Gasteiger partial charge >= 0.3 is 5.97 Å². The Balaban J connectivity index is 2.33. The summed E-state index contributed by atoms with van der Waals surface area (Å²) < 4.78 is 27.5. The Kier molecular flexibility index (Phi) is 3.46. The van der Waals surface area contributed by atoms with Crippen molar-refractivity contribution in [1.29, 1.82) is 0 Å². The van der Waals surface area contributed by atoms with Gasteiger partial charge in [0.1, 0.15) is 4.90 Å². The zero-order valence-corrected chi connectivity index (χ0v) is 11.5. The Hall–Kier alpha value is -1.67. The van der Waals surface area contributed by atoms with Gasteiger partial charge in [-0.15, -0.1) is 0 Å². The molecule has 2 rings (SSSR count). The fraction of sp³-hybridized carbons (Fsp3) is 0.455. The van der Waals surface area contributed by atoms with Crippen LogP contribution in [0, 0.1) is 12.8 Å². The summed E-state index contributed by atoms with van der Waals surface area (Å²) in [6.45, 7) is 1.74. The third-order valence-electron chi connectivity index (χ3n) is 2.98. The molecule has 1 aromatic rings. The van der Waals surface area contributed by atoms with Crippen LogP contribution in [-0.2, 0) is 21.9 Å². The van der Waals surface area contributed by atoms with E-state index in [1.165, 1.54) is 17.0 Å². The molecule has 7 nitrogen and oxygen atoms in total. The number of nitrogens with zero attached hydrogens (tertiary/aromatic N) is 3. The summed E-state index contributed by atoms with van der Waals surface area (Å²) in [4.78, 5) is 11.1. The Morgan fingerprint density at radius 3 is 2.74 bits per heavy atom. The number of carboxylic acids is 1. The summed E-state index contributed by atoms with van der Waals surface area (Å²) in [5.74, 6) is -1.83. The van der Waals surface area contributed by atoms with Crippen molar-refractivity contribution in [3.05, 3.63) is 24.0 Å². The number of aliphatic carboxylic acids is 1. The summed E-state index contributed by atoms with van der Waals surface area (Å²) in [5.41, 5.74) is 0.406. The van der Waals surface area contributed by atoms with Gasteiger partial charge in [-0.2, -0.15) is 9.40 Å². The van der Waals surface area contributed by atoms with Crippen molar-refractivity contribution >= 4 is 16.0 Å². The highest BCUT2D eigenvalue weighted by Gasteiger charge is 2.32. The van der Waals surface area contributed by atoms with Crippen LogP contribution in [0.25, 0.3) is 0 Å². The zero-order chi connectivity index (χ0) is 14.2. The van der Waals surface area contributed by atoms with E-state index in [0.29, 0.717) is 5.69 Å². The fourth-order valence-corrected chi connectivity index (χ4v) is 3.64. The number of aromatic nitrogens is 2. The summed E-state index contributed by atoms with van der Waals surface area (Å²) >= 11 is 0. The van der Waals surface area contributed by atoms with Crippen molar-refractivity contribution in [3.63, 3.8) is 0 Å². The first-order chi connectivity index (χ1) is 8.82. The molecule has 2 heterocycles. The van der Waals surface area contributed by atoms with E-state index in [1.54, 1.807) is 20.0 Å². The lowest BCUT2D eigenvalue weighted by atomic mass is 10.1. The van der Waals surface area contributed by atoms with Crippen molar-refractivity contribution in [2.45, 2.75) is 11.8 Å². The molecule has 1 aromatic heterocycles. The summed E-state index contributed by atoms with van der Waals surface area (Å²) in [7, 11) is -2.06. The standard InChI is InChI=1S/C11H15N3O4S/c1-8-10(7-13(2)12-8)19(17,18)14-5-3-4-9(6-14)11(15)16/h3-4,7,9H,5-6H2,1-2H3,(H,15,16). The third kappa shape index (κ3) is 2.54. The van der Waals surface area contributed by atoms with E-state index in [1.807, 2.05) is 0 Å². The molecule has 0 bridgehead atoms. The van der Waals surface area contributed by atoms with Crippen molar-refractivity contribution in [3.8, 4) is 0 Å². The van der Waals surface area contributed by atoms with E-state index in [0.717, 1.165) is 4.31 Å². The third-order valence-corrected chi connectivity index (χ3v) is 4.92. The Bertz CT molecular complexity index is 632. The minimum atomic E-state index is -3.70. The molecule has 1 unspecified atom stereocenters. The number of carboxylic acid groups (broad SMARTS) is 1. The molecular weight excluding hydrogens is 270 g/mol. The van der Waals surface area contributed by atoms with Gasteiger partial charge in [-0.05, 0) is 6.92 Å². The van der Waals surface area contributed by atoms with Crippen LogP contribution < -0.4 is 0 Å². The van der Waals surface area contributed by atoms with Gasteiger partial charge in [-0.1, -0.05) is 12.2 Å². The maximum absolute atomic E-state index is 12.4. The average molecular weight is 285 g/mol. The molecule has 0 aliphatic carbocycles. The van der Waals surface area contributed by atoms with Crippen LogP contribution in [-0.4, -0.2) is 46.7 Å². The lowest BCUT2D eigenvalue weighted by molar-refractivity contribution is -0.140. The number of aryl methyl sites for hydroxylation is 2. The van der Waals surface area contributed by atoms with Crippen molar-refractivity contribution in [2.24, 2.45) is 13.0 Å². The van der Waals surface area contributed by atoms with E-state index < -0.39 is 21.9 Å². The maximum Gasteiger partial charge on any atom is 0.311 e. The molecule has 0 fully saturated rings. The molecule has 1 N–H and O–H groups in total. The second-order valence-corrected chi connectivity index (χ2v) is 6.35. The van der Waals surface area contributed by atoms with Gasteiger partial charge in [0.15, 0.2) is 0 Å². The first kappa shape index (κ1) is 13.8. The van der Waals surface area contributed by atoms with Gasteiger partial charge in [-0.3, -0.25) is 9.48 Å². The van der Waals surface area contributed by atoms with Crippen LogP contribution >= 0.6 is 0 Å². The van der Waals surface area contributed by atoms with Crippen molar-refractivity contribution in [2.75, 3.05) is 13.1 Å². The minimum absolute atomic E-state index is 0.0531. The normalized spacial score (nSPS) is 20.6. The Morgan fingerprint density at radius 1 is 1.53 bits per heavy atom. The smallest absolute Gasteiger partial charge is 0.311 e. The van der Waals surface area contributed by atoms with E-state index >= 15 is 0 Å². The molecule has 8 heteroatoms. The highest BCUT2D eigenvalue weighted by atomic mass is 32.2. The van der Waals surface area contributed by atoms with Gasteiger partial charge < -0.3 is 5.11 Å². The number of hydrogen-bond donors (Lipinski definition) is 1. The van der Waals surface area contributed by atoms with E-state index in [2.05, 4.69) is 5.10 Å². The molecule has 19 heavy (non-hydrogen) atoms. The molecule has 0 saturated carbocycles. The second kappa shape index (κ2) is 4.78. The van der Waals surface area contributed by atoms with Crippen LogP contribution in [0.1, 0.15) is 5.69 Å². The maximum atomic E-state index is 12.4. The van der Waals surface area contributed by atoms with Gasteiger partial charge in [0.25, 0.3) is 0 Å². The number of sulfonamides is 1. The van der Waals surface area contributed by atoms with E-state index in [-0.39, 0.29) is 18.0 Å². The SMILES string of the molecule is Cc1nn(C)cc1S(=O)(=O)N1CC=CC(C(=O)O)C1. The van der Waals surface area contributed by atoms with Crippen molar-refractivity contribution < 1.29 is 18.3 Å². The van der Waals surface area contributed by atoms with Crippen LogP contribution in [0.2, 0.25) is 0 Å². The molecule has 1 atom stereocenters. The van der Waals surface area contributed by atoms with Gasteiger partial charge in [0.05, 0.1) is 11.6 Å². The molecule has 0 amide bonds. The monoisotopic (exact) mass is 285 g/mol. The topological polar surface area (TPSA) is 92.5 Å². The Labute approximate surface area is 111 Å². The zero-order valence-electron chi connectivity index (χ0n) is 10.6. The molecule has 0 radical (unpaired) electrons. The highest BCUT2D eigenvalue weighted by molar-refractivity contribution is 7.89. The number of carbonyl (C=O) groups is 1. The fourth-order valence-electron chi connectivity index (χ4n) is 2.02. The highest BCUT2D eigenvalue weighted by Crippen LogP contribution is 2.22. The molecule has 0 aromatic carbocycles. The summed E-state index contributed by atoms with van der Waals surface area (Å²) in [5, 5.41) is 13.0. The summed E-state index contributed by atoms with van der Waals surface area (Å²) in [6, 6.07) is 0. The predicted octanol–water partition coefficient (Wildman–Crippen LogP) is -0.0102. The van der Waals surface area contributed by atoms with Gasteiger partial charge in [0.2, 0.25) is 10.0 Å². The molecule has 1 aliphatic rings. The first-order valence-electron chi connectivity index (χ1n) is 5.72. The van der Waals surface area contributed by atoms with Crippen LogP contribution in [0.5, 0.6) is 0 Å². The average Bonchev–Trinajstić information content (AvgIpc) is 2.69. The quantitative estimate of drug-likeness (QED) is 0.788. The van der Waals surface area contributed by atoms with E-state index in [4.69, 9.17) is 5.11 Å². The minimum Gasteiger partial charge on any atom is -0.481 e. The van der Waals surface area contributed by atoms with Crippen LogP contribution in [0.4, 0.5) is 0 Å². The van der Waals surface area contributed by atoms with Gasteiger partial charge in [-0.25, -0.2) is 8.42 Å². The van der Waals surface area contributed by atoms with Gasteiger partial charge in [0, 0.05) is 26.3 Å². The largest absolute Gasteiger partial charge is 0.481 e. The lowest BCUT2D eigenvalue weighted by Gasteiger charge is -2.25.